The smallest absolute Gasteiger partial charge is 0.324 e. The molecule has 1 N–H and O–H groups in total. The maximum absolute atomic E-state index is 17.2. The van der Waals surface area contributed by atoms with Crippen LogP contribution < -0.4 is 4.74 Å². The molecule has 0 amide bonds. The Labute approximate surface area is 193 Å². The number of alkyl halides is 1. The van der Waals surface area contributed by atoms with Gasteiger partial charge in [-0.05, 0) is 36.4 Å². The molecule has 0 aliphatic carbocycles. The van der Waals surface area contributed by atoms with Crippen molar-refractivity contribution in [1.82, 2.24) is 0 Å². The van der Waals surface area contributed by atoms with Crippen LogP contribution in [0.25, 0.3) is 0 Å². The first-order valence-corrected chi connectivity index (χ1v) is 13.3. The summed E-state index contributed by atoms with van der Waals surface area (Å²) < 4.78 is 73.9. The summed E-state index contributed by atoms with van der Waals surface area (Å²) in [6, 6.07) is 17.5. The zero-order valence-corrected chi connectivity index (χ0v) is 19.6. The number of halogens is 2. The number of hydrogen-bond donors (Lipinski definition) is 1. The first kappa shape index (κ1) is 22.9. The number of aliphatic hydroxyl groups is 1. The quantitative estimate of drug-likeness (QED) is 0.520. The van der Waals surface area contributed by atoms with Crippen molar-refractivity contribution in [2.24, 2.45) is 0 Å². The highest BCUT2D eigenvalue weighted by Gasteiger charge is 2.64. The van der Waals surface area contributed by atoms with Crippen molar-refractivity contribution < 1.29 is 31.1 Å². The second-order valence-electron chi connectivity index (χ2n) is 7.26. The lowest BCUT2D eigenvalue weighted by Gasteiger charge is -2.37. The van der Waals surface area contributed by atoms with Crippen molar-refractivity contribution in [2.75, 3.05) is 0 Å². The van der Waals surface area contributed by atoms with E-state index in [1.807, 2.05) is 0 Å². The van der Waals surface area contributed by atoms with Crippen LogP contribution in [-0.2, 0) is 19.7 Å². The molecule has 10 heteroatoms. The van der Waals surface area contributed by atoms with Crippen molar-refractivity contribution in [3.8, 4) is 5.75 Å². The van der Waals surface area contributed by atoms with Crippen LogP contribution in [0.1, 0.15) is 17.9 Å². The molecule has 0 saturated carbocycles. The number of hydrogen-bond acceptors (Lipinski definition) is 6. The largest absolute Gasteiger partial charge is 0.465 e. The molecule has 3 aromatic rings. The summed E-state index contributed by atoms with van der Waals surface area (Å²) in [5.74, 6) is -1.76. The third-order valence-electron chi connectivity index (χ3n) is 5.31. The average molecular weight is 541 g/mol. The van der Waals surface area contributed by atoms with E-state index in [0.717, 1.165) is 24.3 Å². The molecule has 1 unspecified atom stereocenters. The molecule has 3 aromatic carbocycles. The number of sulfone groups is 2. The van der Waals surface area contributed by atoms with Crippen LogP contribution >= 0.6 is 15.9 Å². The van der Waals surface area contributed by atoms with Crippen LogP contribution in [0.2, 0.25) is 0 Å². The molecular weight excluding hydrogens is 523 g/mol. The first-order chi connectivity index (χ1) is 15.1. The van der Waals surface area contributed by atoms with E-state index in [4.69, 9.17) is 4.74 Å². The summed E-state index contributed by atoms with van der Waals surface area (Å²) in [4.78, 5) is -0.969. The van der Waals surface area contributed by atoms with E-state index in [9.17, 15) is 21.9 Å². The van der Waals surface area contributed by atoms with Gasteiger partial charge in [-0.3, -0.25) is 0 Å². The van der Waals surface area contributed by atoms with Gasteiger partial charge in [0.25, 0.3) is 0 Å². The Bertz CT molecular complexity index is 1280. The molecule has 168 valence electrons. The van der Waals surface area contributed by atoms with Crippen molar-refractivity contribution in [1.29, 1.82) is 0 Å². The average Bonchev–Trinajstić information content (AvgIpc) is 2.78. The van der Waals surface area contributed by atoms with Crippen LogP contribution in [0.15, 0.2) is 93.1 Å². The molecule has 0 saturated heterocycles. The van der Waals surface area contributed by atoms with E-state index >= 15 is 4.39 Å². The van der Waals surface area contributed by atoms with Gasteiger partial charge >= 0.3 is 4.33 Å². The molecule has 1 aliphatic rings. The minimum Gasteiger partial charge on any atom is -0.465 e. The number of aliphatic hydroxyl groups excluding tert-OH is 1. The molecule has 0 fully saturated rings. The van der Waals surface area contributed by atoms with Crippen LogP contribution in [-0.4, -0.2) is 32.6 Å². The Hall–Kier alpha value is -2.27. The lowest BCUT2D eigenvalue weighted by atomic mass is 9.93. The highest BCUT2D eigenvalue weighted by molar-refractivity contribution is 9.10. The third-order valence-corrected chi connectivity index (χ3v) is 10.9. The summed E-state index contributed by atoms with van der Waals surface area (Å²) in [5, 5.41) is 10.3. The lowest BCUT2D eigenvalue weighted by Crippen LogP contribution is -2.50. The zero-order chi connectivity index (χ0) is 23.1. The van der Waals surface area contributed by atoms with E-state index in [0.29, 0.717) is 4.47 Å². The monoisotopic (exact) mass is 540 g/mol. The Morgan fingerprint density at radius 1 is 0.875 bits per heavy atom. The van der Waals surface area contributed by atoms with Gasteiger partial charge in [0.05, 0.1) is 15.7 Å². The molecule has 6 nitrogen and oxygen atoms in total. The van der Waals surface area contributed by atoms with E-state index in [1.54, 1.807) is 0 Å². The predicted octanol–water partition coefficient (Wildman–Crippen LogP) is 4.20. The van der Waals surface area contributed by atoms with Crippen LogP contribution in [0, 0.1) is 0 Å². The van der Waals surface area contributed by atoms with Crippen molar-refractivity contribution in [2.45, 2.75) is 32.8 Å². The maximum atomic E-state index is 17.2. The molecule has 1 aliphatic heterocycles. The molecule has 2 atom stereocenters. The van der Waals surface area contributed by atoms with E-state index in [2.05, 4.69) is 15.9 Å². The highest BCUT2D eigenvalue weighted by Crippen LogP contribution is 2.52. The lowest BCUT2D eigenvalue weighted by molar-refractivity contribution is -0.0444. The Morgan fingerprint density at radius 2 is 1.38 bits per heavy atom. The fourth-order valence-electron chi connectivity index (χ4n) is 3.79. The van der Waals surface area contributed by atoms with Crippen LogP contribution in [0.3, 0.4) is 0 Å². The molecule has 0 radical (unpaired) electrons. The second kappa shape index (κ2) is 8.26. The van der Waals surface area contributed by atoms with Crippen molar-refractivity contribution in [3.05, 3.63) is 88.9 Å². The number of benzene rings is 3. The SMILES string of the molecule is O=S(=O)(c1ccccc1)C(F)([C@@H]1CC(O)Oc2cc(Br)ccc21)S(=O)(=O)c1ccccc1. The van der Waals surface area contributed by atoms with Gasteiger partial charge in [0.15, 0.2) is 6.29 Å². The van der Waals surface area contributed by atoms with E-state index in [-0.39, 0.29) is 11.3 Å². The second-order valence-corrected chi connectivity index (χ2v) is 12.6. The van der Waals surface area contributed by atoms with Crippen LogP contribution in [0.5, 0.6) is 5.75 Å². The Balaban J connectivity index is 2.05. The summed E-state index contributed by atoms with van der Waals surface area (Å²) >= 11 is 3.24. The van der Waals surface area contributed by atoms with Gasteiger partial charge in [-0.2, -0.15) is 0 Å². The zero-order valence-electron chi connectivity index (χ0n) is 16.4. The standard InChI is InChI=1S/C22H18BrFO6S2/c23-15-11-12-18-19(14-21(25)30-20(18)13-15)22(24,31(26,27)16-7-3-1-4-8-16)32(28,29)17-9-5-2-6-10-17/h1-13,19,21,25H,14H2/t19-,21?/m1/s1. The van der Waals surface area contributed by atoms with Gasteiger partial charge < -0.3 is 9.84 Å². The molecule has 1 heterocycles. The number of fused-ring (bicyclic) bond motifs is 1. The van der Waals surface area contributed by atoms with E-state index in [1.165, 1.54) is 54.6 Å². The van der Waals surface area contributed by atoms with Crippen molar-refractivity contribution in [3.63, 3.8) is 0 Å². The molecule has 0 spiro atoms. The minimum absolute atomic E-state index is 0.00308. The Morgan fingerprint density at radius 3 is 1.88 bits per heavy atom. The summed E-state index contributed by atoms with van der Waals surface area (Å²) in [6.07, 6.45) is -2.18. The normalized spacial score (nSPS) is 19.1. The van der Waals surface area contributed by atoms with E-state index < -0.39 is 52.4 Å². The molecule has 0 aromatic heterocycles. The number of rotatable bonds is 5. The minimum atomic E-state index is -5.12. The highest BCUT2D eigenvalue weighted by atomic mass is 79.9. The fraction of sp³-hybridized carbons (Fsp3) is 0.182. The van der Waals surface area contributed by atoms with Crippen molar-refractivity contribution >= 4 is 35.6 Å². The summed E-state index contributed by atoms with van der Waals surface area (Å²) in [6.45, 7) is 0. The first-order valence-electron chi connectivity index (χ1n) is 9.51. The fourth-order valence-corrected chi connectivity index (χ4v) is 8.73. The van der Waals surface area contributed by atoms with Gasteiger partial charge in [0.1, 0.15) is 5.75 Å². The third kappa shape index (κ3) is 3.55. The molecular formula is C22H18BrFO6S2. The van der Waals surface area contributed by atoms with Crippen LogP contribution in [0.4, 0.5) is 4.39 Å². The predicted molar refractivity (Wildman–Crippen MR) is 119 cm³/mol. The maximum Gasteiger partial charge on any atom is 0.324 e. The Kier molecular flexibility index (Phi) is 5.91. The van der Waals surface area contributed by atoms with Gasteiger partial charge in [-0.15, -0.1) is 0 Å². The van der Waals surface area contributed by atoms with Gasteiger partial charge in [-0.1, -0.05) is 58.4 Å². The number of ether oxygens (including phenoxy) is 1. The summed E-state index contributed by atoms with van der Waals surface area (Å²) in [5.41, 5.74) is 0.0278. The van der Waals surface area contributed by atoms with Gasteiger partial charge in [-0.25, -0.2) is 21.2 Å². The summed E-state index contributed by atoms with van der Waals surface area (Å²) in [7, 11) is -10.2. The van der Waals surface area contributed by atoms with Gasteiger partial charge in [0.2, 0.25) is 19.7 Å². The molecule has 0 bridgehead atoms. The topological polar surface area (TPSA) is 97.7 Å². The molecule has 4 rings (SSSR count). The molecule has 32 heavy (non-hydrogen) atoms. The van der Waals surface area contributed by atoms with Gasteiger partial charge in [0, 0.05) is 16.5 Å².